The van der Waals surface area contributed by atoms with Crippen molar-refractivity contribution in [3.8, 4) is 0 Å². The molecule has 1 aromatic heterocycles. The predicted octanol–water partition coefficient (Wildman–Crippen LogP) is 4.62. The molecule has 0 saturated carbocycles. The number of hydrogen-bond donors (Lipinski definition) is 1. The summed E-state index contributed by atoms with van der Waals surface area (Å²) in [7, 11) is 0. The first-order chi connectivity index (χ1) is 11.6. The van der Waals surface area contributed by atoms with Crippen LogP contribution in [0.1, 0.15) is 40.4 Å². The molecule has 128 valence electrons. The number of hydrogen-bond acceptors (Lipinski definition) is 3. The number of benzene rings is 1. The lowest BCUT2D eigenvalue weighted by Gasteiger charge is -2.07. The van der Waals surface area contributed by atoms with Crippen LogP contribution in [0, 0.1) is 0 Å². The van der Waals surface area contributed by atoms with Crippen LogP contribution in [0.15, 0.2) is 18.2 Å². The lowest BCUT2D eigenvalue weighted by molar-refractivity contribution is -0.120. The quantitative estimate of drug-likeness (QED) is 0.740. The van der Waals surface area contributed by atoms with Crippen LogP contribution < -0.4 is 5.32 Å². The highest BCUT2D eigenvalue weighted by Gasteiger charge is 2.15. The molecule has 24 heavy (non-hydrogen) atoms. The SMILES string of the molecule is O=C(Cc1c(Cl)cccc1Cl)NCCCc1nc2c(s1)CCCC2. The lowest BCUT2D eigenvalue weighted by Crippen LogP contribution is -2.26. The molecule has 0 radical (unpaired) electrons. The third-order valence-electron chi connectivity index (χ3n) is 4.18. The smallest absolute Gasteiger partial charge is 0.224 e. The molecule has 3 rings (SSSR count). The first kappa shape index (κ1) is 17.7. The van der Waals surface area contributed by atoms with Gasteiger partial charge in [-0.1, -0.05) is 29.3 Å². The molecule has 0 fully saturated rings. The van der Waals surface area contributed by atoms with Crippen molar-refractivity contribution in [1.29, 1.82) is 0 Å². The van der Waals surface area contributed by atoms with Crippen molar-refractivity contribution in [1.82, 2.24) is 10.3 Å². The molecule has 0 unspecified atom stereocenters. The molecule has 0 saturated heterocycles. The number of aromatic nitrogens is 1. The molecule has 1 aromatic carbocycles. The summed E-state index contributed by atoms with van der Waals surface area (Å²) in [5, 5.41) is 5.20. The van der Waals surface area contributed by atoms with Crippen molar-refractivity contribution in [3.05, 3.63) is 49.4 Å². The Bertz CT molecular complexity index is 686. The maximum absolute atomic E-state index is 12.0. The Labute approximate surface area is 156 Å². The molecule has 0 spiro atoms. The predicted molar refractivity (Wildman–Crippen MR) is 100 cm³/mol. The summed E-state index contributed by atoms with van der Waals surface area (Å²) < 4.78 is 0. The molecule has 6 heteroatoms. The summed E-state index contributed by atoms with van der Waals surface area (Å²) >= 11 is 14.0. The average Bonchev–Trinajstić information content (AvgIpc) is 2.98. The van der Waals surface area contributed by atoms with Gasteiger partial charge in [0.05, 0.1) is 17.1 Å². The van der Waals surface area contributed by atoms with Gasteiger partial charge in [-0.3, -0.25) is 4.79 Å². The van der Waals surface area contributed by atoms with E-state index in [4.69, 9.17) is 28.2 Å². The van der Waals surface area contributed by atoms with Crippen LogP contribution in [0.3, 0.4) is 0 Å². The minimum atomic E-state index is -0.0524. The summed E-state index contributed by atoms with van der Waals surface area (Å²) in [5.74, 6) is -0.0524. The van der Waals surface area contributed by atoms with Gasteiger partial charge in [-0.05, 0) is 49.8 Å². The van der Waals surface area contributed by atoms with Crippen LogP contribution in [0.4, 0.5) is 0 Å². The van der Waals surface area contributed by atoms with Crippen molar-refractivity contribution >= 4 is 40.4 Å². The van der Waals surface area contributed by atoms with E-state index in [1.54, 1.807) is 18.2 Å². The van der Waals surface area contributed by atoms with E-state index >= 15 is 0 Å². The Kier molecular flexibility index (Phi) is 6.14. The fourth-order valence-electron chi connectivity index (χ4n) is 2.90. The Morgan fingerprint density at radius 2 is 1.96 bits per heavy atom. The third kappa shape index (κ3) is 4.50. The second-order valence-corrected chi connectivity index (χ2v) is 8.00. The zero-order chi connectivity index (χ0) is 16.9. The summed E-state index contributed by atoms with van der Waals surface area (Å²) in [4.78, 5) is 18.2. The molecular formula is C18H20Cl2N2OS. The molecule has 1 amide bonds. The Hall–Kier alpha value is -1.10. The van der Waals surface area contributed by atoms with E-state index in [9.17, 15) is 4.79 Å². The van der Waals surface area contributed by atoms with Gasteiger partial charge in [-0.25, -0.2) is 4.98 Å². The van der Waals surface area contributed by atoms with Crippen LogP contribution in [-0.2, 0) is 30.5 Å². The topological polar surface area (TPSA) is 42.0 Å². The van der Waals surface area contributed by atoms with Gasteiger partial charge in [-0.15, -0.1) is 11.3 Å². The highest BCUT2D eigenvalue weighted by molar-refractivity contribution is 7.11. The number of aryl methyl sites for hydroxylation is 3. The fraction of sp³-hybridized carbons (Fsp3) is 0.444. The molecule has 3 nitrogen and oxygen atoms in total. The Morgan fingerprint density at radius 3 is 2.71 bits per heavy atom. The van der Waals surface area contributed by atoms with E-state index in [1.165, 1.54) is 34.8 Å². The van der Waals surface area contributed by atoms with Gasteiger partial charge in [0.2, 0.25) is 5.91 Å². The minimum absolute atomic E-state index is 0.0524. The van der Waals surface area contributed by atoms with E-state index in [-0.39, 0.29) is 12.3 Å². The number of fused-ring (bicyclic) bond motifs is 1. The average molecular weight is 383 g/mol. The number of nitrogens with one attached hydrogen (secondary N) is 1. The molecule has 0 bridgehead atoms. The van der Waals surface area contributed by atoms with Gasteiger partial charge >= 0.3 is 0 Å². The number of carbonyl (C=O) groups is 1. The standard InChI is InChI=1S/C18H20Cl2N2OS/c19-13-5-3-6-14(20)12(13)11-17(23)21-10-4-9-18-22-15-7-1-2-8-16(15)24-18/h3,5-6H,1-2,4,7-11H2,(H,21,23). The number of amides is 1. The summed E-state index contributed by atoms with van der Waals surface area (Å²) in [6.45, 7) is 0.644. The highest BCUT2D eigenvalue weighted by atomic mass is 35.5. The second-order valence-electron chi connectivity index (χ2n) is 6.02. The lowest BCUT2D eigenvalue weighted by atomic mass is 10.0. The number of thiazole rings is 1. The van der Waals surface area contributed by atoms with E-state index in [1.807, 2.05) is 11.3 Å². The third-order valence-corrected chi connectivity index (χ3v) is 6.10. The number of rotatable bonds is 6. The van der Waals surface area contributed by atoms with Crippen LogP contribution >= 0.6 is 34.5 Å². The van der Waals surface area contributed by atoms with E-state index in [2.05, 4.69) is 5.32 Å². The molecule has 1 aliphatic carbocycles. The normalized spacial score (nSPS) is 13.6. The van der Waals surface area contributed by atoms with Crippen LogP contribution in [-0.4, -0.2) is 17.4 Å². The Morgan fingerprint density at radius 1 is 1.21 bits per heavy atom. The number of carbonyl (C=O) groups excluding carboxylic acids is 1. The molecule has 0 aliphatic heterocycles. The van der Waals surface area contributed by atoms with Crippen molar-refractivity contribution in [2.24, 2.45) is 0 Å². The van der Waals surface area contributed by atoms with E-state index < -0.39 is 0 Å². The summed E-state index contributed by atoms with van der Waals surface area (Å²) in [5.41, 5.74) is 1.99. The van der Waals surface area contributed by atoms with Gasteiger partial charge in [-0.2, -0.15) is 0 Å². The monoisotopic (exact) mass is 382 g/mol. The van der Waals surface area contributed by atoms with Crippen LogP contribution in [0.2, 0.25) is 10.0 Å². The fourth-order valence-corrected chi connectivity index (χ4v) is 4.63. The molecule has 1 aliphatic rings. The number of nitrogens with zero attached hydrogens (tertiary/aromatic N) is 1. The van der Waals surface area contributed by atoms with Crippen LogP contribution in [0.5, 0.6) is 0 Å². The minimum Gasteiger partial charge on any atom is -0.356 e. The first-order valence-electron chi connectivity index (χ1n) is 8.30. The zero-order valence-corrected chi connectivity index (χ0v) is 15.7. The number of halogens is 2. The van der Waals surface area contributed by atoms with Crippen molar-refractivity contribution in [2.45, 2.75) is 44.9 Å². The first-order valence-corrected chi connectivity index (χ1v) is 9.88. The zero-order valence-electron chi connectivity index (χ0n) is 13.4. The summed E-state index contributed by atoms with van der Waals surface area (Å²) in [6, 6.07) is 5.28. The summed E-state index contributed by atoms with van der Waals surface area (Å²) in [6.07, 6.45) is 6.89. The van der Waals surface area contributed by atoms with Crippen molar-refractivity contribution in [2.75, 3.05) is 6.54 Å². The molecule has 1 heterocycles. The van der Waals surface area contributed by atoms with Gasteiger partial charge in [0, 0.05) is 27.9 Å². The van der Waals surface area contributed by atoms with Gasteiger partial charge in [0.1, 0.15) is 0 Å². The molecular weight excluding hydrogens is 363 g/mol. The van der Waals surface area contributed by atoms with Crippen LogP contribution in [0.25, 0.3) is 0 Å². The van der Waals surface area contributed by atoms with Gasteiger partial charge in [0.15, 0.2) is 0 Å². The highest BCUT2D eigenvalue weighted by Crippen LogP contribution is 2.27. The van der Waals surface area contributed by atoms with Crippen molar-refractivity contribution < 1.29 is 4.79 Å². The molecule has 0 atom stereocenters. The van der Waals surface area contributed by atoms with Crippen molar-refractivity contribution in [3.63, 3.8) is 0 Å². The Balaban J connectivity index is 1.43. The van der Waals surface area contributed by atoms with E-state index in [0.717, 1.165) is 19.3 Å². The molecule has 2 aromatic rings. The van der Waals surface area contributed by atoms with Gasteiger partial charge < -0.3 is 5.32 Å². The van der Waals surface area contributed by atoms with Gasteiger partial charge in [0.25, 0.3) is 0 Å². The van der Waals surface area contributed by atoms with E-state index in [0.29, 0.717) is 22.2 Å². The maximum atomic E-state index is 12.0. The molecule has 1 N–H and O–H groups in total. The second kappa shape index (κ2) is 8.32. The largest absolute Gasteiger partial charge is 0.356 e. The maximum Gasteiger partial charge on any atom is 0.224 e.